The molecule has 19 heavy (non-hydrogen) atoms. The molecular weight excluding hydrogens is 248 g/mol. The quantitative estimate of drug-likeness (QED) is 0.462. The third kappa shape index (κ3) is 39.1. The molecule has 0 saturated carbocycles. The van der Waals surface area contributed by atoms with Gasteiger partial charge in [-0.15, -0.1) is 0 Å². The highest BCUT2D eigenvalue weighted by Crippen LogP contribution is 1.92. The number of rotatable bonds is 1. The lowest BCUT2D eigenvalue weighted by Gasteiger charge is -1.89. The molecule has 0 aliphatic carbocycles. The van der Waals surface area contributed by atoms with E-state index in [2.05, 4.69) is 23.8 Å². The third-order valence-electron chi connectivity index (χ3n) is 1.29. The predicted molar refractivity (Wildman–Crippen MR) is 70.3 cm³/mol. The molecule has 2 N–H and O–H groups in total. The fourth-order valence-corrected chi connectivity index (χ4v) is 0.738. The van der Waals surface area contributed by atoms with Crippen molar-refractivity contribution < 1.29 is 19.1 Å². The van der Waals surface area contributed by atoms with E-state index < -0.39 is 0 Å². The number of ether oxygens (including phenoxy) is 1. The maximum Gasteiger partial charge on any atom is 0.302 e. The molecule has 0 heterocycles. The number of hydrogen-bond donors (Lipinski definition) is 2. The number of benzene rings is 1. The SMILES string of the molecule is CCOC(C)=O.Cc1ccccc1.N=C=O.N=C=O. The standard InChI is InChI=1S/C7H8.C4H8O2.2CHNO/c1-7-5-3-2-4-6-7;1-3-6-4(2)5;2*2-1-3/h2-6H,1H3;3H2,1-2H3;2*2H. The van der Waals surface area contributed by atoms with Crippen LogP contribution in [0.1, 0.15) is 19.4 Å². The highest BCUT2D eigenvalue weighted by Gasteiger charge is 1.81. The first-order valence-corrected chi connectivity index (χ1v) is 5.22. The molecule has 0 bridgehead atoms. The monoisotopic (exact) mass is 266 g/mol. The molecule has 0 aliphatic heterocycles. The van der Waals surface area contributed by atoms with Gasteiger partial charge in [0.25, 0.3) is 0 Å². The molecule has 0 unspecified atom stereocenters. The molecule has 1 aromatic rings. The Bertz CT molecular complexity index is 367. The van der Waals surface area contributed by atoms with Gasteiger partial charge in [0.2, 0.25) is 12.2 Å². The van der Waals surface area contributed by atoms with Crippen molar-refractivity contribution in [2.24, 2.45) is 0 Å². The number of carbonyl (C=O) groups excluding carboxylic acids is 3. The first kappa shape index (κ1) is 21.7. The second kappa shape index (κ2) is 20.8. The van der Waals surface area contributed by atoms with Gasteiger partial charge < -0.3 is 4.74 Å². The molecule has 6 heteroatoms. The molecule has 0 aromatic heterocycles. The lowest BCUT2D eigenvalue weighted by molar-refractivity contribution is -0.140. The van der Waals surface area contributed by atoms with E-state index in [1.54, 1.807) is 6.92 Å². The van der Waals surface area contributed by atoms with E-state index in [4.69, 9.17) is 20.4 Å². The van der Waals surface area contributed by atoms with Gasteiger partial charge in [0.15, 0.2) is 0 Å². The van der Waals surface area contributed by atoms with E-state index in [-0.39, 0.29) is 5.97 Å². The van der Waals surface area contributed by atoms with Crippen molar-refractivity contribution in [3.63, 3.8) is 0 Å². The van der Waals surface area contributed by atoms with E-state index in [9.17, 15) is 4.79 Å². The van der Waals surface area contributed by atoms with Crippen molar-refractivity contribution in [2.45, 2.75) is 20.8 Å². The van der Waals surface area contributed by atoms with E-state index in [0.717, 1.165) is 12.2 Å². The molecule has 1 rings (SSSR count). The summed E-state index contributed by atoms with van der Waals surface area (Å²) >= 11 is 0. The molecule has 0 amide bonds. The van der Waals surface area contributed by atoms with Crippen LogP contribution in [0.2, 0.25) is 0 Å². The second-order valence-corrected chi connectivity index (χ2v) is 2.78. The Labute approximate surface area is 112 Å². The normalized spacial score (nSPS) is 6.47. The summed E-state index contributed by atoms with van der Waals surface area (Å²) < 4.78 is 4.40. The van der Waals surface area contributed by atoms with Crippen LogP contribution in [0.15, 0.2) is 30.3 Å². The van der Waals surface area contributed by atoms with Crippen LogP contribution in [0.4, 0.5) is 0 Å². The van der Waals surface area contributed by atoms with Crippen LogP contribution in [0.25, 0.3) is 0 Å². The van der Waals surface area contributed by atoms with Crippen molar-refractivity contribution in [3.8, 4) is 0 Å². The van der Waals surface area contributed by atoms with Gasteiger partial charge in [-0.2, -0.15) is 0 Å². The summed E-state index contributed by atoms with van der Waals surface area (Å²) in [7, 11) is 0. The largest absolute Gasteiger partial charge is 0.466 e. The van der Waals surface area contributed by atoms with Gasteiger partial charge in [0.05, 0.1) is 6.61 Å². The van der Waals surface area contributed by atoms with Gasteiger partial charge in [0.1, 0.15) is 0 Å². The zero-order valence-corrected chi connectivity index (χ0v) is 11.2. The van der Waals surface area contributed by atoms with Crippen LogP contribution in [0.5, 0.6) is 0 Å². The number of esters is 1. The molecule has 0 fully saturated rings. The van der Waals surface area contributed by atoms with E-state index in [1.165, 1.54) is 12.5 Å². The minimum Gasteiger partial charge on any atom is -0.466 e. The Morgan fingerprint density at radius 2 is 1.53 bits per heavy atom. The molecule has 0 spiro atoms. The highest BCUT2D eigenvalue weighted by molar-refractivity contribution is 5.65. The average Bonchev–Trinajstić information content (AvgIpc) is 2.32. The Morgan fingerprint density at radius 1 is 1.16 bits per heavy atom. The Hall–Kier alpha value is -2.55. The maximum atomic E-state index is 9.82. The summed E-state index contributed by atoms with van der Waals surface area (Å²) in [4.78, 5) is 26.5. The Kier molecular flexibility index (Phi) is 23.8. The highest BCUT2D eigenvalue weighted by atomic mass is 16.5. The zero-order chi connectivity index (χ0) is 15.5. The molecule has 0 saturated heterocycles. The number of isocyanates is 2. The van der Waals surface area contributed by atoms with Crippen LogP contribution in [-0.4, -0.2) is 24.7 Å². The summed E-state index contributed by atoms with van der Waals surface area (Å²) in [5.74, 6) is -0.211. The Morgan fingerprint density at radius 3 is 1.63 bits per heavy atom. The molecule has 6 nitrogen and oxygen atoms in total. The summed E-state index contributed by atoms with van der Waals surface area (Å²) in [6, 6.07) is 10.3. The van der Waals surface area contributed by atoms with Crippen molar-refractivity contribution in [1.29, 1.82) is 10.8 Å². The minimum absolute atomic E-state index is 0.211. The van der Waals surface area contributed by atoms with Gasteiger partial charge in [0, 0.05) is 6.92 Å². The van der Waals surface area contributed by atoms with Gasteiger partial charge in [-0.05, 0) is 13.8 Å². The molecule has 0 radical (unpaired) electrons. The molecule has 104 valence electrons. The number of carbonyl (C=O) groups is 1. The van der Waals surface area contributed by atoms with Crippen LogP contribution < -0.4 is 0 Å². The lowest BCUT2D eigenvalue weighted by Crippen LogP contribution is -1.95. The van der Waals surface area contributed by atoms with Crippen molar-refractivity contribution in [2.75, 3.05) is 6.61 Å². The van der Waals surface area contributed by atoms with E-state index >= 15 is 0 Å². The molecule has 0 atom stereocenters. The summed E-state index contributed by atoms with van der Waals surface area (Å²) in [6.07, 6.45) is 1.50. The fraction of sp³-hybridized carbons (Fsp3) is 0.308. The molecule has 1 aromatic carbocycles. The number of hydrogen-bond acceptors (Lipinski definition) is 6. The Balaban J connectivity index is -0.000000195. The van der Waals surface area contributed by atoms with Crippen molar-refractivity contribution in [3.05, 3.63) is 35.9 Å². The van der Waals surface area contributed by atoms with Crippen LogP contribution in [0.3, 0.4) is 0 Å². The topological polar surface area (TPSA) is 108 Å². The van der Waals surface area contributed by atoms with Gasteiger partial charge in [-0.1, -0.05) is 35.9 Å². The molecule has 0 aliphatic rings. The number of nitrogens with one attached hydrogen (secondary N) is 2. The van der Waals surface area contributed by atoms with Gasteiger partial charge >= 0.3 is 5.97 Å². The van der Waals surface area contributed by atoms with Gasteiger partial charge in [-0.25, -0.2) is 20.4 Å². The third-order valence-corrected chi connectivity index (χ3v) is 1.29. The summed E-state index contributed by atoms with van der Waals surface area (Å²) in [6.45, 7) is 5.74. The first-order valence-electron chi connectivity index (χ1n) is 5.22. The predicted octanol–water partition coefficient (Wildman–Crippen LogP) is 2.37. The summed E-state index contributed by atoms with van der Waals surface area (Å²) in [5.41, 5.74) is 1.32. The van der Waals surface area contributed by atoms with Gasteiger partial charge in [-0.3, -0.25) is 4.79 Å². The van der Waals surface area contributed by atoms with Crippen LogP contribution >= 0.6 is 0 Å². The minimum atomic E-state index is -0.211. The van der Waals surface area contributed by atoms with Crippen molar-refractivity contribution >= 4 is 18.1 Å². The fourth-order valence-electron chi connectivity index (χ4n) is 0.738. The lowest BCUT2D eigenvalue weighted by atomic mass is 10.2. The maximum absolute atomic E-state index is 9.82. The van der Waals surface area contributed by atoms with E-state index in [1.807, 2.05) is 18.2 Å². The van der Waals surface area contributed by atoms with Crippen LogP contribution in [0, 0.1) is 17.7 Å². The zero-order valence-electron chi connectivity index (χ0n) is 11.2. The smallest absolute Gasteiger partial charge is 0.302 e. The number of aryl methyl sites for hydroxylation is 1. The van der Waals surface area contributed by atoms with Crippen LogP contribution in [-0.2, 0) is 19.1 Å². The average molecular weight is 266 g/mol. The second-order valence-electron chi connectivity index (χ2n) is 2.78. The summed E-state index contributed by atoms with van der Waals surface area (Å²) in [5, 5.41) is 10.8. The first-order chi connectivity index (χ1) is 8.99. The van der Waals surface area contributed by atoms with E-state index in [0.29, 0.717) is 6.61 Å². The van der Waals surface area contributed by atoms with Crippen molar-refractivity contribution in [1.82, 2.24) is 0 Å². The molecular formula is C13H18N2O4.